The van der Waals surface area contributed by atoms with Crippen molar-refractivity contribution in [1.82, 2.24) is 0 Å². The average molecular weight is 825 g/mol. The maximum absolute atomic E-state index is 14.3. The number of phenols is 5. The molecule has 1 saturated heterocycles. The molecule has 0 radical (unpaired) electrons. The van der Waals surface area contributed by atoms with Crippen molar-refractivity contribution in [2.75, 3.05) is 6.61 Å². The standard InChI is InChI=1S/C43H36O17/c1-22(44)55-39-33(21-54-34(51)17-7-24-3-11-27(46)12-4-24)58-43(42(41(39)56-23(2)45)59-35(52)18-8-25-5-13-28(47)14-6-25)60-40-37(53)36-31(50)19-30(49)20-32(36)57-38(40)26-9-15-29(48)16-10-26/h3-20,33,39,41-43,46-50H,21H2,1-2H3/b17-7-,18-8-/t33-,39-,41+,42-,43+/m1/s1. The van der Waals surface area contributed by atoms with E-state index in [0.29, 0.717) is 11.1 Å². The second-order valence-corrected chi connectivity index (χ2v) is 13.2. The Hall–Kier alpha value is -7.79. The van der Waals surface area contributed by atoms with Gasteiger partial charge < -0.3 is 58.4 Å². The molecule has 6 rings (SSSR count). The van der Waals surface area contributed by atoms with Crippen molar-refractivity contribution in [2.45, 2.75) is 44.6 Å². The molecule has 17 heteroatoms. The number of phenolic OH excluding ortho intramolecular Hbond substituents is 5. The summed E-state index contributed by atoms with van der Waals surface area (Å²) >= 11 is 0. The zero-order valence-corrected chi connectivity index (χ0v) is 31.6. The number of fused-ring (bicyclic) bond motifs is 1. The van der Waals surface area contributed by atoms with E-state index >= 15 is 0 Å². The first-order valence-corrected chi connectivity index (χ1v) is 18.0. The van der Waals surface area contributed by atoms with Crippen molar-refractivity contribution < 1.29 is 77.5 Å². The van der Waals surface area contributed by atoms with Crippen molar-refractivity contribution in [3.63, 3.8) is 0 Å². The number of carbonyl (C=O) groups excluding carboxylic acids is 4. The Labute approximate surface area is 339 Å². The molecule has 1 aliphatic rings. The fourth-order valence-electron chi connectivity index (χ4n) is 6.07. The molecule has 0 saturated carbocycles. The van der Waals surface area contributed by atoms with Crippen LogP contribution in [0.5, 0.6) is 34.5 Å². The summed E-state index contributed by atoms with van der Waals surface area (Å²) in [5.41, 5.74) is -0.176. The predicted molar refractivity (Wildman–Crippen MR) is 208 cm³/mol. The van der Waals surface area contributed by atoms with Crippen LogP contribution in [0.2, 0.25) is 0 Å². The fourth-order valence-corrected chi connectivity index (χ4v) is 6.07. The van der Waals surface area contributed by atoms with Crippen LogP contribution in [0.1, 0.15) is 25.0 Å². The monoisotopic (exact) mass is 824 g/mol. The molecule has 0 amide bonds. The normalized spacial score (nSPS) is 18.9. The van der Waals surface area contributed by atoms with Crippen molar-refractivity contribution in [1.29, 1.82) is 0 Å². The number of ether oxygens (including phenoxy) is 6. The van der Waals surface area contributed by atoms with E-state index in [0.717, 1.165) is 38.1 Å². The molecule has 310 valence electrons. The molecule has 60 heavy (non-hydrogen) atoms. The second kappa shape index (κ2) is 18.2. The van der Waals surface area contributed by atoms with E-state index in [1.54, 1.807) is 0 Å². The van der Waals surface area contributed by atoms with Gasteiger partial charge in [-0.25, -0.2) is 9.59 Å². The molecule has 0 bridgehead atoms. The van der Waals surface area contributed by atoms with Gasteiger partial charge in [0.1, 0.15) is 52.4 Å². The minimum Gasteiger partial charge on any atom is -0.508 e. The largest absolute Gasteiger partial charge is 0.508 e. The Morgan fingerprint density at radius 1 is 0.650 bits per heavy atom. The smallest absolute Gasteiger partial charge is 0.331 e. The molecule has 5 N–H and O–H groups in total. The highest BCUT2D eigenvalue weighted by molar-refractivity contribution is 5.89. The number of hydrogen-bond acceptors (Lipinski definition) is 17. The summed E-state index contributed by atoms with van der Waals surface area (Å²) in [4.78, 5) is 65.8. The molecule has 1 aliphatic heterocycles. The molecule has 0 aliphatic carbocycles. The van der Waals surface area contributed by atoms with E-state index in [1.165, 1.54) is 84.9 Å². The lowest BCUT2D eigenvalue weighted by molar-refractivity contribution is -0.288. The molecule has 1 aromatic heterocycles. The highest BCUT2D eigenvalue weighted by Crippen LogP contribution is 2.38. The lowest BCUT2D eigenvalue weighted by Crippen LogP contribution is -2.63. The van der Waals surface area contributed by atoms with E-state index in [-0.39, 0.29) is 34.2 Å². The number of hydrogen-bond donors (Lipinski definition) is 5. The molecule has 0 spiro atoms. The SMILES string of the molecule is CC(=O)O[C@@H]1[C@@H](OC(=O)/C=C\c2ccc(O)cc2)[C@H](Oc2c(-c3ccc(O)cc3)oc3cc(O)cc(O)c3c2=O)O[C@H](COC(=O)/C=C\c2ccc(O)cc2)[C@H]1OC(C)=O. The maximum atomic E-state index is 14.3. The summed E-state index contributed by atoms with van der Waals surface area (Å²) in [5, 5.41) is 49.7. The third-order valence-corrected chi connectivity index (χ3v) is 8.73. The van der Waals surface area contributed by atoms with Crippen LogP contribution in [-0.4, -0.2) is 86.7 Å². The van der Waals surface area contributed by atoms with Gasteiger partial charge in [0.2, 0.25) is 23.6 Å². The van der Waals surface area contributed by atoms with Crippen molar-refractivity contribution in [3.05, 3.63) is 118 Å². The van der Waals surface area contributed by atoms with Crippen LogP contribution in [0.3, 0.4) is 0 Å². The molecular weight excluding hydrogens is 788 g/mol. The quantitative estimate of drug-likeness (QED) is 0.0641. The van der Waals surface area contributed by atoms with E-state index in [9.17, 15) is 49.5 Å². The first kappa shape index (κ1) is 41.8. The van der Waals surface area contributed by atoms with Crippen LogP contribution in [0.25, 0.3) is 34.4 Å². The van der Waals surface area contributed by atoms with E-state index in [4.69, 9.17) is 32.8 Å². The van der Waals surface area contributed by atoms with Gasteiger partial charge in [-0.15, -0.1) is 0 Å². The molecule has 4 aromatic carbocycles. The summed E-state index contributed by atoms with van der Waals surface area (Å²) < 4.78 is 40.7. The molecular formula is C43H36O17. The Balaban J connectivity index is 1.44. The van der Waals surface area contributed by atoms with Gasteiger partial charge in [0.25, 0.3) is 0 Å². The minimum atomic E-state index is -1.97. The van der Waals surface area contributed by atoms with Gasteiger partial charge in [-0.2, -0.15) is 0 Å². The summed E-state index contributed by atoms with van der Waals surface area (Å²) in [6, 6.07) is 18.8. The molecule has 0 unspecified atom stereocenters. The van der Waals surface area contributed by atoms with Crippen LogP contribution < -0.4 is 10.2 Å². The lowest BCUT2D eigenvalue weighted by atomic mass is 9.98. The van der Waals surface area contributed by atoms with Crippen LogP contribution >= 0.6 is 0 Å². The Kier molecular flexibility index (Phi) is 12.7. The first-order chi connectivity index (χ1) is 28.6. The summed E-state index contributed by atoms with van der Waals surface area (Å²) in [5.74, 6) is -6.18. The van der Waals surface area contributed by atoms with Crippen LogP contribution in [0, 0.1) is 0 Å². The third kappa shape index (κ3) is 10.2. The van der Waals surface area contributed by atoms with Crippen LogP contribution in [-0.2, 0) is 42.9 Å². The number of carbonyl (C=O) groups is 4. The van der Waals surface area contributed by atoms with Gasteiger partial charge in [0, 0.05) is 43.7 Å². The zero-order chi connectivity index (χ0) is 43.1. The second-order valence-electron chi connectivity index (χ2n) is 13.2. The molecule has 2 heterocycles. The fraction of sp³-hybridized carbons (Fsp3) is 0.186. The molecule has 5 atom stereocenters. The van der Waals surface area contributed by atoms with Gasteiger partial charge >= 0.3 is 23.9 Å². The van der Waals surface area contributed by atoms with Gasteiger partial charge in [-0.1, -0.05) is 24.3 Å². The van der Waals surface area contributed by atoms with Gasteiger partial charge in [0.05, 0.1) is 0 Å². The van der Waals surface area contributed by atoms with Crippen molar-refractivity contribution in [2.24, 2.45) is 0 Å². The number of rotatable bonds is 12. The average Bonchev–Trinajstić information content (AvgIpc) is 3.19. The van der Waals surface area contributed by atoms with Crippen LogP contribution in [0.15, 0.2) is 106 Å². The van der Waals surface area contributed by atoms with Crippen molar-refractivity contribution in [3.8, 4) is 45.8 Å². The predicted octanol–water partition coefficient (Wildman–Crippen LogP) is 4.84. The Bertz CT molecular complexity index is 2500. The summed E-state index contributed by atoms with van der Waals surface area (Å²) in [6.07, 6.45) is -4.02. The molecule has 17 nitrogen and oxygen atoms in total. The highest BCUT2D eigenvalue weighted by Gasteiger charge is 2.54. The minimum absolute atomic E-state index is 0.00453. The van der Waals surface area contributed by atoms with E-state index < -0.39 is 89.3 Å². The third-order valence-electron chi connectivity index (χ3n) is 8.73. The van der Waals surface area contributed by atoms with Crippen molar-refractivity contribution >= 4 is 47.0 Å². The van der Waals surface area contributed by atoms with Gasteiger partial charge in [0.15, 0.2) is 18.0 Å². The molecule has 5 aromatic rings. The maximum Gasteiger partial charge on any atom is 0.331 e. The van der Waals surface area contributed by atoms with Gasteiger partial charge in [-0.05, 0) is 71.8 Å². The summed E-state index contributed by atoms with van der Waals surface area (Å²) in [7, 11) is 0. The van der Waals surface area contributed by atoms with Crippen LogP contribution in [0.4, 0.5) is 0 Å². The number of aromatic hydroxyl groups is 5. The topological polar surface area (TPSA) is 255 Å². The molecule has 1 fully saturated rings. The van der Waals surface area contributed by atoms with Gasteiger partial charge in [-0.3, -0.25) is 14.4 Å². The van der Waals surface area contributed by atoms with E-state index in [1.807, 2.05) is 0 Å². The number of esters is 4. The summed E-state index contributed by atoms with van der Waals surface area (Å²) in [6.45, 7) is 1.35. The first-order valence-electron chi connectivity index (χ1n) is 18.0. The highest BCUT2D eigenvalue weighted by atomic mass is 16.7. The lowest BCUT2D eigenvalue weighted by Gasteiger charge is -2.43. The Morgan fingerprint density at radius 3 is 1.75 bits per heavy atom. The zero-order valence-electron chi connectivity index (χ0n) is 31.6. The van der Waals surface area contributed by atoms with E-state index in [2.05, 4.69) is 0 Å². The number of benzene rings is 4. The Morgan fingerprint density at radius 2 is 1.18 bits per heavy atom.